The van der Waals surface area contributed by atoms with Crippen LogP contribution in [0.25, 0.3) is 0 Å². The minimum absolute atomic E-state index is 0.0661. The standard InChI is InChI=1S/C22H30N2O4S2/c1-4-23(17-20-11-6-5-7-12-20)29(25,26)21-13-15-22(16-14-21)30(27,28)24-18(2)9-8-10-19(24)3/h5-7,11-16,18-19H,4,8-10,17H2,1-3H3/t18-,19+. The summed E-state index contributed by atoms with van der Waals surface area (Å²) in [4.78, 5) is 0.229. The second-order valence-electron chi connectivity index (χ2n) is 7.85. The van der Waals surface area contributed by atoms with Crippen molar-refractivity contribution in [1.82, 2.24) is 8.61 Å². The summed E-state index contributed by atoms with van der Waals surface area (Å²) >= 11 is 0. The third kappa shape index (κ3) is 4.61. The summed E-state index contributed by atoms with van der Waals surface area (Å²) in [6.07, 6.45) is 2.68. The molecule has 0 unspecified atom stereocenters. The van der Waals surface area contributed by atoms with E-state index in [-0.39, 0.29) is 28.4 Å². The van der Waals surface area contributed by atoms with Gasteiger partial charge >= 0.3 is 0 Å². The summed E-state index contributed by atoms with van der Waals surface area (Å²) in [5.74, 6) is 0. The van der Waals surface area contributed by atoms with E-state index in [2.05, 4.69) is 0 Å². The van der Waals surface area contributed by atoms with Gasteiger partial charge in [0, 0.05) is 25.2 Å². The molecule has 6 nitrogen and oxygen atoms in total. The van der Waals surface area contributed by atoms with Crippen LogP contribution in [0.4, 0.5) is 0 Å². The first kappa shape index (κ1) is 22.9. The molecule has 2 aromatic carbocycles. The second kappa shape index (κ2) is 9.18. The van der Waals surface area contributed by atoms with Crippen LogP contribution in [-0.4, -0.2) is 44.1 Å². The van der Waals surface area contributed by atoms with Gasteiger partial charge in [0.2, 0.25) is 20.0 Å². The molecule has 2 atom stereocenters. The molecule has 0 aliphatic carbocycles. The van der Waals surface area contributed by atoms with Crippen molar-refractivity contribution in [3.8, 4) is 0 Å². The molecule has 2 aromatic rings. The van der Waals surface area contributed by atoms with Crippen LogP contribution in [-0.2, 0) is 26.6 Å². The van der Waals surface area contributed by atoms with E-state index in [4.69, 9.17) is 0 Å². The van der Waals surface area contributed by atoms with Crippen LogP contribution in [0.1, 0.15) is 45.6 Å². The lowest BCUT2D eigenvalue weighted by Crippen LogP contribution is -2.47. The third-order valence-corrected chi connectivity index (χ3v) is 9.78. The van der Waals surface area contributed by atoms with Crippen molar-refractivity contribution in [2.75, 3.05) is 6.54 Å². The first-order chi connectivity index (χ1) is 14.2. The lowest BCUT2D eigenvalue weighted by molar-refractivity contribution is 0.204. The van der Waals surface area contributed by atoms with Gasteiger partial charge in [0.25, 0.3) is 0 Å². The van der Waals surface area contributed by atoms with E-state index in [1.165, 1.54) is 28.6 Å². The molecule has 164 valence electrons. The summed E-state index contributed by atoms with van der Waals surface area (Å²) in [7, 11) is -7.41. The zero-order chi connectivity index (χ0) is 21.9. The van der Waals surface area contributed by atoms with Crippen LogP contribution in [0, 0.1) is 0 Å². The van der Waals surface area contributed by atoms with Crippen molar-refractivity contribution in [3.63, 3.8) is 0 Å². The molecule has 1 fully saturated rings. The van der Waals surface area contributed by atoms with E-state index < -0.39 is 20.0 Å². The predicted molar refractivity (Wildman–Crippen MR) is 118 cm³/mol. The van der Waals surface area contributed by atoms with Crippen molar-refractivity contribution in [1.29, 1.82) is 0 Å². The van der Waals surface area contributed by atoms with Gasteiger partial charge in [-0.1, -0.05) is 43.7 Å². The Hall–Kier alpha value is -1.74. The van der Waals surface area contributed by atoms with E-state index in [0.29, 0.717) is 6.54 Å². The van der Waals surface area contributed by atoms with E-state index >= 15 is 0 Å². The molecule has 3 rings (SSSR count). The van der Waals surface area contributed by atoms with Gasteiger partial charge in [-0.2, -0.15) is 8.61 Å². The van der Waals surface area contributed by atoms with Crippen LogP contribution in [0.5, 0.6) is 0 Å². The quantitative estimate of drug-likeness (QED) is 0.642. The number of benzene rings is 2. The Labute approximate surface area is 180 Å². The molecule has 0 amide bonds. The zero-order valence-electron chi connectivity index (χ0n) is 17.7. The van der Waals surface area contributed by atoms with E-state index in [0.717, 1.165) is 24.8 Å². The Morgan fingerprint density at radius 1 is 0.867 bits per heavy atom. The van der Waals surface area contributed by atoms with Gasteiger partial charge in [-0.25, -0.2) is 16.8 Å². The summed E-state index contributed by atoms with van der Waals surface area (Å²) in [5, 5.41) is 0. The SMILES string of the molecule is CCN(Cc1ccccc1)S(=O)(=O)c1ccc(S(=O)(=O)N2[C@H](C)CCC[C@@H]2C)cc1. The highest BCUT2D eigenvalue weighted by Gasteiger charge is 2.36. The van der Waals surface area contributed by atoms with Gasteiger partial charge in [0.15, 0.2) is 0 Å². The Morgan fingerprint density at radius 3 is 1.93 bits per heavy atom. The minimum Gasteiger partial charge on any atom is -0.207 e. The van der Waals surface area contributed by atoms with Crippen molar-refractivity contribution in [2.24, 2.45) is 0 Å². The van der Waals surface area contributed by atoms with Crippen LogP contribution in [0.2, 0.25) is 0 Å². The molecule has 0 bridgehead atoms. The molecule has 0 N–H and O–H groups in total. The molecule has 1 saturated heterocycles. The lowest BCUT2D eigenvalue weighted by Gasteiger charge is -2.37. The Balaban J connectivity index is 1.86. The summed E-state index contributed by atoms with van der Waals surface area (Å²) in [6.45, 7) is 6.23. The molecule has 8 heteroatoms. The van der Waals surface area contributed by atoms with E-state index in [1.807, 2.05) is 44.2 Å². The van der Waals surface area contributed by atoms with Gasteiger partial charge in [0.05, 0.1) is 9.79 Å². The Morgan fingerprint density at radius 2 is 1.40 bits per heavy atom. The third-order valence-electron chi connectivity index (χ3n) is 5.70. The molecular formula is C22H30N2O4S2. The number of hydrogen-bond donors (Lipinski definition) is 0. The highest BCUT2D eigenvalue weighted by Crippen LogP contribution is 2.30. The van der Waals surface area contributed by atoms with Crippen molar-refractivity contribution in [2.45, 2.75) is 68.5 Å². The molecule has 0 aromatic heterocycles. The van der Waals surface area contributed by atoms with E-state index in [1.54, 1.807) is 11.2 Å². The summed E-state index contributed by atoms with van der Waals surface area (Å²) < 4.78 is 55.5. The second-order valence-corrected chi connectivity index (χ2v) is 11.6. The molecule has 0 radical (unpaired) electrons. The van der Waals surface area contributed by atoms with Gasteiger partial charge in [-0.15, -0.1) is 0 Å². The fourth-order valence-electron chi connectivity index (χ4n) is 4.08. The largest absolute Gasteiger partial charge is 0.243 e. The van der Waals surface area contributed by atoms with E-state index in [9.17, 15) is 16.8 Å². The van der Waals surface area contributed by atoms with Gasteiger partial charge < -0.3 is 0 Å². The zero-order valence-corrected chi connectivity index (χ0v) is 19.4. The van der Waals surface area contributed by atoms with Gasteiger partial charge in [-0.05, 0) is 56.5 Å². The minimum atomic E-state index is -3.73. The summed E-state index contributed by atoms with van der Waals surface area (Å²) in [6, 6.07) is 14.9. The number of piperidine rings is 1. The molecule has 0 saturated carbocycles. The van der Waals surface area contributed by atoms with Gasteiger partial charge in [-0.3, -0.25) is 0 Å². The normalized spacial score (nSPS) is 21.1. The van der Waals surface area contributed by atoms with Crippen LogP contribution >= 0.6 is 0 Å². The smallest absolute Gasteiger partial charge is 0.207 e. The molecule has 0 spiro atoms. The molecule has 1 aliphatic rings. The summed E-state index contributed by atoms with van der Waals surface area (Å²) in [5.41, 5.74) is 0.898. The maximum Gasteiger partial charge on any atom is 0.243 e. The van der Waals surface area contributed by atoms with Crippen LogP contribution in [0.15, 0.2) is 64.4 Å². The average molecular weight is 451 g/mol. The Bertz CT molecular complexity index is 1040. The first-order valence-electron chi connectivity index (χ1n) is 10.4. The predicted octanol–water partition coefficient (Wildman–Crippen LogP) is 3.85. The van der Waals surface area contributed by atoms with Crippen molar-refractivity contribution in [3.05, 3.63) is 60.2 Å². The molecule has 1 aliphatic heterocycles. The van der Waals surface area contributed by atoms with Crippen molar-refractivity contribution >= 4 is 20.0 Å². The monoisotopic (exact) mass is 450 g/mol. The van der Waals surface area contributed by atoms with Crippen LogP contribution < -0.4 is 0 Å². The number of nitrogens with zero attached hydrogens (tertiary/aromatic N) is 2. The first-order valence-corrected chi connectivity index (χ1v) is 13.2. The van der Waals surface area contributed by atoms with Crippen molar-refractivity contribution < 1.29 is 16.8 Å². The van der Waals surface area contributed by atoms with Gasteiger partial charge in [0.1, 0.15) is 0 Å². The number of rotatable bonds is 7. The Kier molecular flexibility index (Phi) is 7.02. The maximum atomic E-state index is 13.2. The fraction of sp³-hybridized carbons (Fsp3) is 0.455. The number of sulfonamides is 2. The maximum absolute atomic E-state index is 13.2. The fourth-order valence-corrected chi connectivity index (χ4v) is 7.40. The average Bonchev–Trinajstić information content (AvgIpc) is 2.72. The number of hydrogen-bond acceptors (Lipinski definition) is 4. The molecule has 30 heavy (non-hydrogen) atoms. The lowest BCUT2D eigenvalue weighted by atomic mass is 10.0. The topological polar surface area (TPSA) is 74.8 Å². The molecule has 1 heterocycles. The molecular weight excluding hydrogens is 420 g/mol. The van der Waals surface area contributed by atoms with Crippen LogP contribution in [0.3, 0.4) is 0 Å². The highest BCUT2D eigenvalue weighted by atomic mass is 32.2. The highest BCUT2D eigenvalue weighted by molar-refractivity contribution is 7.89.